The summed E-state index contributed by atoms with van der Waals surface area (Å²) in [4.78, 5) is 10.1. The van der Waals surface area contributed by atoms with Gasteiger partial charge in [-0.1, -0.05) is 0 Å². The lowest BCUT2D eigenvalue weighted by Gasteiger charge is -2.09. The smallest absolute Gasteiger partial charge is 0.332 e. The van der Waals surface area contributed by atoms with Gasteiger partial charge in [0.15, 0.2) is 0 Å². The Morgan fingerprint density at radius 3 is 2.38 bits per heavy atom. The highest BCUT2D eigenvalue weighted by molar-refractivity contribution is 5.71. The molecule has 1 aliphatic rings. The summed E-state index contributed by atoms with van der Waals surface area (Å²) in [6.45, 7) is 1.09. The standard InChI is InChI=1S/C4H6O3.H2O/c5-4-3-6-1-2-7-4;/h1-3H2;1H2. The number of hydrogen-bond donors (Lipinski definition) is 0. The molecule has 4 heteroatoms. The zero-order valence-electron chi connectivity index (χ0n) is 4.35. The minimum atomic E-state index is -0.258. The molecule has 48 valence electrons. The van der Waals surface area contributed by atoms with Crippen molar-refractivity contribution in [2.45, 2.75) is 0 Å². The van der Waals surface area contributed by atoms with Crippen molar-refractivity contribution in [2.24, 2.45) is 0 Å². The lowest BCUT2D eigenvalue weighted by molar-refractivity contribution is -0.159. The van der Waals surface area contributed by atoms with E-state index >= 15 is 0 Å². The van der Waals surface area contributed by atoms with Gasteiger partial charge in [-0.2, -0.15) is 0 Å². The van der Waals surface area contributed by atoms with Crippen molar-refractivity contribution in [1.82, 2.24) is 0 Å². The Bertz CT molecular complexity index is 72.1. The van der Waals surface area contributed by atoms with E-state index < -0.39 is 0 Å². The van der Waals surface area contributed by atoms with Crippen LogP contribution in [0.15, 0.2) is 0 Å². The van der Waals surface area contributed by atoms with Crippen LogP contribution in [0, 0.1) is 0 Å². The SMILES string of the molecule is O.O=C1COCCO1. The van der Waals surface area contributed by atoms with E-state index in [0.29, 0.717) is 13.2 Å². The summed E-state index contributed by atoms with van der Waals surface area (Å²) in [6.07, 6.45) is 0. The van der Waals surface area contributed by atoms with Crippen LogP contribution in [0.25, 0.3) is 0 Å². The quantitative estimate of drug-likeness (QED) is 0.374. The fraction of sp³-hybridized carbons (Fsp3) is 0.750. The molecule has 0 atom stereocenters. The molecular weight excluding hydrogens is 112 g/mol. The molecule has 0 bridgehead atoms. The van der Waals surface area contributed by atoms with Gasteiger partial charge >= 0.3 is 5.97 Å². The summed E-state index contributed by atoms with van der Waals surface area (Å²) in [5, 5.41) is 0. The molecule has 1 aliphatic heterocycles. The van der Waals surface area contributed by atoms with E-state index in [1.165, 1.54) is 0 Å². The second kappa shape index (κ2) is 3.40. The molecule has 0 aliphatic carbocycles. The molecular formula is C4H8O4. The van der Waals surface area contributed by atoms with Gasteiger partial charge in [-0.05, 0) is 0 Å². The fourth-order valence-electron chi connectivity index (χ4n) is 0.412. The van der Waals surface area contributed by atoms with E-state index in [4.69, 9.17) is 4.74 Å². The summed E-state index contributed by atoms with van der Waals surface area (Å²) in [6, 6.07) is 0. The predicted octanol–water partition coefficient (Wildman–Crippen LogP) is -1.26. The highest BCUT2D eigenvalue weighted by Gasteiger charge is 2.06. The summed E-state index contributed by atoms with van der Waals surface area (Å²) in [5.41, 5.74) is 0. The van der Waals surface area contributed by atoms with Gasteiger partial charge < -0.3 is 14.9 Å². The highest BCUT2D eigenvalue weighted by atomic mass is 16.6. The van der Waals surface area contributed by atoms with Gasteiger partial charge in [0, 0.05) is 0 Å². The van der Waals surface area contributed by atoms with Crippen LogP contribution in [0.5, 0.6) is 0 Å². The Kier molecular flexibility index (Phi) is 3.14. The van der Waals surface area contributed by atoms with Crippen molar-refractivity contribution in [3.05, 3.63) is 0 Å². The average molecular weight is 120 g/mol. The van der Waals surface area contributed by atoms with E-state index in [1.54, 1.807) is 0 Å². The van der Waals surface area contributed by atoms with Crippen molar-refractivity contribution >= 4 is 5.97 Å². The minimum absolute atomic E-state index is 0. The molecule has 0 saturated carbocycles. The number of cyclic esters (lactones) is 1. The largest absolute Gasteiger partial charge is 0.462 e. The first-order valence-electron chi connectivity index (χ1n) is 2.13. The minimum Gasteiger partial charge on any atom is -0.462 e. The van der Waals surface area contributed by atoms with Crippen LogP contribution in [0.3, 0.4) is 0 Å². The van der Waals surface area contributed by atoms with Crippen LogP contribution in [-0.4, -0.2) is 31.3 Å². The molecule has 4 nitrogen and oxygen atoms in total. The Labute approximate surface area is 46.7 Å². The Morgan fingerprint density at radius 1 is 1.38 bits per heavy atom. The van der Waals surface area contributed by atoms with Crippen LogP contribution in [0.1, 0.15) is 0 Å². The number of esters is 1. The zero-order valence-corrected chi connectivity index (χ0v) is 4.35. The van der Waals surface area contributed by atoms with Gasteiger partial charge in [0.1, 0.15) is 13.2 Å². The van der Waals surface area contributed by atoms with Crippen molar-refractivity contribution in [3.8, 4) is 0 Å². The van der Waals surface area contributed by atoms with Crippen LogP contribution in [0.2, 0.25) is 0 Å². The lowest BCUT2D eigenvalue weighted by atomic mass is 10.6. The first kappa shape index (κ1) is 7.39. The van der Waals surface area contributed by atoms with Gasteiger partial charge in [0.2, 0.25) is 0 Å². The monoisotopic (exact) mass is 120 g/mol. The van der Waals surface area contributed by atoms with Crippen LogP contribution in [-0.2, 0) is 14.3 Å². The molecule has 0 aromatic heterocycles. The molecule has 0 aromatic carbocycles. The number of hydrogen-bond acceptors (Lipinski definition) is 3. The van der Waals surface area contributed by atoms with E-state index in [9.17, 15) is 4.79 Å². The third-order valence-corrected chi connectivity index (χ3v) is 0.711. The molecule has 1 saturated heterocycles. The van der Waals surface area contributed by atoms with Crippen molar-refractivity contribution < 1.29 is 19.7 Å². The van der Waals surface area contributed by atoms with Crippen molar-refractivity contribution in [2.75, 3.05) is 19.8 Å². The number of carbonyl (C=O) groups is 1. The third kappa shape index (κ3) is 1.90. The lowest BCUT2D eigenvalue weighted by Crippen LogP contribution is -2.22. The Morgan fingerprint density at radius 2 is 2.12 bits per heavy atom. The predicted molar refractivity (Wildman–Crippen MR) is 25.4 cm³/mol. The summed E-state index contributed by atoms with van der Waals surface area (Å²) in [5.74, 6) is -0.258. The first-order valence-corrected chi connectivity index (χ1v) is 2.13. The van der Waals surface area contributed by atoms with Gasteiger partial charge in [-0.15, -0.1) is 0 Å². The molecule has 1 heterocycles. The number of ether oxygens (including phenoxy) is 2. The third-order valence-electron chi connectivity index (χ3n) is 0.711. The normalized spacial score (nSPS) is 18.8. The van der Waals surface area contributed by atoms with E-state index in [0.717, 1.165) is 0 Å². The van der Waals surface area contributed by atoms with Crippen LogP contribution < -0.4 is 0 Å². The number of rotatable bonds is 0. The maximum atomic E-state index is 10.1. The van der Waals surface area contributed by atoms with E-state index in [-0.39, 0.29) is 18.1 Å². The Hall–Kier alpha value is -0.610. The molecule has 1 rings (SSSR count). The second-order valence-corrected chi connectivity index (χ2v) is 1.27. The summed E-state index contributed by atoms with van der Waals surface area (Å²) in [7, 11) is 0. The Balaban J connectivity index is 0.000000490. The molecule has 0 amide bonds. The number of carbonyl (C=O) groups excluding carboxylic acids is 1. The first-order chi connectivity index (χ1) is 3.39. The maximum Gasteiger partial charge on any atom is 0.332 e. The summed E-state index contributed by atoms with van der Waals surface area (Å²) < 4.78 is 9.22. The molecule has 2 N–H and O–H groups in total. The second-order valence-electron chi connectivity index (χ2n) is 1.27. The molecule has 0 unspecified atom stereocenters. The molecule has 0 aromatic rings. The summed E-state index contributed by atoms with van der Waals surface area (Å²) >= 11 is 0. The fourth-order valence-corrected chi connectivity index (χ4v) is 0.412. The molecule has 0 radical (unpaired) electrons. The van der Waals surface area contributed by atoms with Gasteiger partial charge in [-0.25, -0.2) is 4.79 Å². The van der Waals surface area contributed by atoms with Crippen LogP contribution in [0.4, 0.5) is 0 Å². The zero-order chi connectivity index (χ0) is 5.11. The maximum absolute atomic E-state index is 10.1. The van der Waals surface area contributed by atoms with Crippen molar-refractivity contribution in [1.29, 1.82) is 0 Å². The van der Waals surface area contributed by atoms with Gasteiger partial charge in [0.05, 0.1) is 6.61 Å². The van der Waals surface area contributed by atoms with Gasteiger partial charge in [-0.3, -0.25) is 0 Å². The van der Waals surface area contributed by atoms with Crippen molar-refractivity contribution in [3.63, 3.8) is 0 Å². The highest BCUT2D eigenvalue weighted by Crippen LogP contribution is 1.88. The van der Waals surface area contributed by atoms with Crippen LogP contribution >= 0.6 is 0 Å². The molecule has 1 fully saturated rings. The topological polar surface area (TPSA) is 67.0 Å². The van der Waals surface area contributed by atoms with Gasteiger partial charge in [0.25, 0.3) is 0 Å². The molecule has 0 spiro atoms. The average Bonchev–Trinajstić information content (AvgIpc) is 1.69. The van der Waals surface area contributed by atoms with E-state index in [1.807, 2.05) is 0 Å². The molecule has 8 heavy (non-hydrogen) atoms. The van der Waals surface area contributed by atoms with E-state index in [2.05, 4.69) is 4.74 Å².